The lowest BCUT2D eigenvalue weighted by atomic mass is 10.1. The number of thioether (sulfide) groups is 1. The maximum Gasteiger partial charge on any atom is 0.0853 e. The second-order valence-electron chi connectivity index (χ2n) is 3.15. The maximum absolute atomic E-state index is 5.71. The van der Waals surface area contributed by atoms with E-state index in [0.717, 1.165) is 11.4 Å². The van der Waals surface area contributed by atoms with Crippen molar-refractivity contribution in [1.29, 1.82) is 0 Å². The summed E-state index contributed by atoms with van der Waals surface area (Å²) in [7, 11) is 0. The van der Waals surface area contributed by atoms with E-state index < -0.39 is 0 Å². The first-order valence-electron chi connectivity index (χ1n) is 4.28. The van der Waals surface area contributed by atoms with Gasteiger partial charge in [-0.2, -0.15) is 0 Å². The first-order chi connectivity index (χ1) is 6.25. The van der Waals surface area contributed by atoms with Gasteiger partial charge in [0.2, 0.25) is 0 Å². The molecule has 0 amide bonds. The average Bonchev–Trinajstić information content (AvgIpc) is 2.52. The molecular formula is C10H12N2S. The minimum absolute atomic E-state index is 0.313. The van der Waals surface area contributed by atoms with Crippen LogP contribution in [0, 0.1) is 0 Å². The van der Waals surface area contributed by atoms with Crippen molar-refractivity contribution >= 4 is 22.5 Å². The van der Waals surface area contributed by atoms with Crippen molar-refractivity contribution in [2.75, 3.05) is 11.5 Å². The molecule has 0 bridgehead atoms. The zero-order valence-corrected chi connectivity index (χ0v) is 8.34. The van der Waals surface area contributed by atoms with Crippen molar-refractivity contribution in [3.05, 3.63) is 29.8 Å². The third kappa shape index (κ3) is 1.86. The number of rotatable bonds is 1. The molecule has 0 radical (unpaired) electrons. The fourth-order valence-corrected chi connectivity index (χ4v) is 2.30. The third-order valence-corrected chi connectivity index (χ3v) is 3.09. The number of hydrogen-bond acceptors (Lipinski definition) is 3. The molecule has 1 atom stereocenters. The number of benzene rings is 1. The monoisotopic (exact) mass is 192 g/mol. The zero-order valence-electron chi connectivity index (χ0n) is 7.53. The Labute approximate surface area is 82.2 Å². The summed E-state index contributed by atoms with van der Waals surface area (Å²) in [4.78, 5) is 4.52. The number of anilines is 1. The van der Waals surface area contributed by atoms with Gasteiger partial charge in [0.25, 0.3) is 0 Å². The minimum atomic E-state index is 0.313. The maximum atomic E-state index is 5.71. The van der Waals surface area contributed by atoms with E-state index in [-0.39, 0.29) is 0 Å². The van der Waals surface area contributed by atoms with Gasteiger partial charge in [0, 0.05) is 11.4 Å². The number of aliphatic imine (C=N–C) groups is 1. The summed E-state index contributed by atoms with van der Waals surface area (Å²) < 4.78 is 0. The highest BCUT2D eigenvalue weighted by Gasteiger charge is 2.16. The Kier molecular flexibility index (Phi) is 2.27. The number of nitrogen functional groups attached to an aromatic ring is 1. The standard InChI is InChI=1S/C10H12N2S/c1-7-12-10(6-13-7)8-3-2-4-9(11)5-8/h2-5,10H,6,11H2,1H3. The molecule has 0 fully saturated rings. The fourth-order valence-electron chi connectivity index (χ4n) is 1.43. The van der Waals surface area contributed by atoms with Gasteiger partial charge in [0.1, 0.15) is 0 Å². The Bertz CT molecular complexity index is 347. The molecule has 1 unspecified atom stereocenters. The molecule has 68 valence electrons. The molecule has 0 aromatic heterocycles. The number of hydrogen-bond donors (Lipinski definition) is 1. The molecule has 0 aliphatic carbocycles. The summed E-state index contributed by atoms with van der Waals surface area (Å²) in [6.07, 6.45) is 0. The molecule has 2 N–H and O–H groups in total. The first kappa shape index (κ1) is 8.63. The van der Waals surface area contributed by atoms with Crippen molar-refractivity contribution < 1.29 is 0 Å². The van der Waals surface area contributed by atoms with E-state index in [0.29, 0.717) is 6.04 Å². The van der Waals surface area contributed by atoms with Crippen LogP contribution < -0.4 is 5.73 Å². The predicted octanol–water partition coefficient (Wildman–Crippen LogP) is 2.48. The summed E-state index contributed by atoms with van der Waals surface area (Å²) in [5.41, 5.74) is 7.75. The van der Waals surface area contributed by atoms with E-state index >= 15 is 0 Å². The van der Waals surface area contributed by atoms with E-state index in [1.165, 1.54) is 10.6 Å². The second-order valence-corrected chi connectivity index (χ2v) is 4.36. The van der Waals surface area contributed by atoms with Crippen LogP contribution in [0.5, 0.6) is 0 Å². The van der Waals surface area contributed by atoms with Gasteiger partial charge in [-0.05, 0) is 24.6 Å². The Morgan fingerprint density at radius 2 is 2.38 bits per heavy atom. The van der Waals surface area contributed by atoms with Crippen molar-refractivity contribution in [2.24, 2.45) is 4.99 Å². The zero-order chi connectivity index (χ0) is 9.26. The number of nitrogens with zero attached hydrogens (tertiary/aromatic N) is 1. The lowest BCUT2D eigenvalue weighted by molar-refractivity contribution is 0.849. The van der Waals surface area contributed by atoms with Crippen LogP contribution in [0.2, 0.25) is 0 Å². The van der Waals surface area contributed by atoms with E-state index in [2.05, 4.69) is 18.0 Å². The van der Waals surface area contributed by atoms with E-state index in [1.54, 1.807) is 0 Å². The fraction of sp³-hybridized carbons (Fsp3) is 0.300. The topological polar surface area (TPSA) is 38.4 Å². The van der Waals surface area contributed by atoms with Crippen molar-refractivity contribution in [1.82, 2.24) is 0 Å². The Balaban J connectivity index is 2.26. The van der Waals surface area contributed by atoms with Crippen LogP contribution in [0.15, 0.2) is 29.3 Å². The van der Waals surface area contributed by atoms with Crippen molar-refractivity contribution in [3.63, 3.8) is 0 Å². The van der Waals surface area contributed by atoms with Gasteiger partial charge in [-0.15, -0.1) is 11.8 Å². The van der Waals surface area contributed by atoms with Gasteiger partial charge in [0.05, 0.1) is 11.1 Å². The lowest BCUT2D eigenvalue weighted by Gasteiger charge is -2.06. The quantitative estimate of drug-likeness (QED) is 0.694. The van der Waals surface area contributed by atoms with Crippen LogP contribution in [0.4, 0.5) is 5.69 Å². The molecule has 1 aliphatic rings. The molecule has 0 saturated carbocycles. The van der Waals surface area contributed by atoms with E-state index in [9.17, 15) is 0 Å². The second kappa shape index (κ2) is 3.42. The van der Waals surface area contributed by atoms with Gasteiger partial charge in [0.15, 0.2) is 0 Å². The molecule has 1 aromatic rings. The molecule has 0 spiro atoms. The van der Waals surface area contributed by atoms with Crippen LogP contribution in [-0.2, 0) is 0 Å². The van der Waals surface area contributed by atoms with Gasteiger partial charge < -0.3 is 5.73 Å². The largest absolute Gasteiger partial charge is 0.399 e. The van der Waals surface area contributed by atoms with Crippen molar-refractivity contribution in [3.8, 4) is 0 Å². The highest BCUT2D eigenvalue weighted by Crippen LogP contribution is 2.30. The van der Waals surface area contributed by atoms with Gasteiger partial charge >= 0.3 is 0 Å². The first-order valence-corrected chi connectivity index (χ1v) is 5.27. The van der Waals surface area contributed by atoms with Crippen LogP contribution in [-0.4, -0.2) is 10.8 Å². The third-order valence-electron chi connectivity index (χ3n) is 2.08. The molecule has 1 aromatic carbocycles. The Hall–Kier alpha value is -0.960. The molecule has 13 heavy (non-hydrogen) atoms. The normalized spacial score (nSPS) is 21.6. The summed E-state index contributed by atoms with van der Waals surface area (Å²) >= 11 is 1.82. The average molecular weight is 192 g/mol. The Morgan fingerprint density at radius 1 is 1.54 bits per heavy atom. The molecular weight excluding hydrogens is 180 g/mol. The highest BCUT2D eigenvalue weighted by atomic mass is 32.2. The number of nitrogens with two attached hydrogens (primary N) is 1. The molecule has 2 nitrogen and oxygen atoms in total. The molecule has 1 heterocycles. The Morgan fingerprint density at radius 3 is 3.00 bits per heavy atom. The summed E-state index contributed by atoms with van der Waals surface area (Å²) in [6.45, 7) is 2.05. The summed E-state index contributed by atoms with van der Waals surface area (Å²) in [5.74, 6) is 1.05. The van der Waals surface area contributed by atoms with Gasteiger partial charge in [-0.1, -0.05) is 12.1 Å². The smallest absolute Gasteiger partial charge is 0.0853 e. The summed E-state index contributed by atoms with van der Waals surface area (Å²) in [5, 5.41) is 1.17. The predicted molar refractivity (Wildman–Crippen MR) is 59.2 cm³/mol. The molecule has 3 heteroatoms. The molecule has 0 saturated heterocycles. The van der Waals surface area contributed by atoms with Crippen molar-refractivity contribution in [2.45, 2.75) is 13.0 Å². The van der Waals surface area contributed by atoms with Crippen LogP contribution >= 0.6 is 11.8 Å². The van der Waals surface area contributed by atoms with Gasteiger partial charge in [-0.25, -0.2) is 0 Å². The van der Waals surface area contributed by atoms with Crippen LogP contribution in [0.25, 0.3) is 0 Å². The SMILES string of the molecule is CC1=NC(c2cccc(N)c2)CS1. The van der Waals surface area contributed by atoms with E-state index in [1.807, 2.05) is 30.0 Å². The van der Waals surface area contributed by atoms with Gasteiger partial charge in [-0.3, -0.25) is 4.99 Å². The molecule has 1 aliphatic heterocycles. The van der Waals surface area contributed by atoms with Crippen LogP contribution in [0.1, 0.15) is 18.5 Å². The van der Waals surface area contributed by atoms with E-state index in [4.69, 9.17) is 5.73 Å². The molecule has 2 rings (SSSR count). The lowest BCUT2D eigenvalue weighted by Crippen LogP contribution is -1.95. The minimum Gasteiger partial charge on any atom is -0.399 e. The highest BCUT2D eigenvalue weighted by molar-refractivity contribution is 8.14. The van der Waals surface area contributed by atoms with Crippen LogP contribution in [0.3, 0.4) is 0 Å². The summed E-state index contributed by atoms with van der Waals surface area (Å²) in [6, 6.07) is 8.30.